The summed E-state index contributed by atoms with van der Waals surface area (Å²) >= 11 is 0. The van der Waals surface area contributed by atoms with Crippen molar-refractivity contribution >= 4 is 0 Å². The molecule has 2 N–H and O–H groups in total. The smallest absolute Gasteiger partial charge is 0.000814 e. The maximum absolute atomic E-state index is 6.10. The van der Waals surface area contributed by atoms with Crippen molar-refractivity contribution in [2.45, 2.75) is 39.5 Å². The predicted octanol–water partition coefficient (Wildman–Crippen LogP) is 2.72. The second kappa shape index (κ2) is 2.20. The van der Waals surface area contributed by atoms with Gasteiger partial charge in [-0.3, -0.25) is 0 Å². The largest absolute Gasteiger partial charge is 0.330 e. The van der Waals surface area contributed by atoms with Gasteiger partial charge in [0.25, 0.3) is 0 Å². The average molecular weight is 203 g/mol. The van der Waals surface area contributed by atoms with E-state index in [1.54, 1.807) is 5.57 Å². The predicted molar refractivity (Wildman–Crippen MR) is 61.2 cm³/mol. The highest BCUT2D eigenvalue weighted by Gasteiger charge is 2.80. The van der Waals surface area contributed by atoms with Crippen molar-refractivity contribution in [3.63, 3.8) is 0 Å². The maximum atomic E-state index is 6.10. The first kappa shape index (κ1) is 8.81. The minimum atomic E-state index is 0.555. The highest BCUT2D eigenvalue weighted by atomic mass is 14.9. The Hall–Kier alpha value is -0.300. The van der Waals surface area contributed by atoms with Crippen LogP contribution in [0.2, 0.25) is 0 Å². The third-order valence-corrected chi connectivity index (χ3v) is 6.83. The van der Waals surface area contributed by atoms with Gasteiger partial charge < -0.3 is 5.73 Å². The Morgan fingerprint density at radius 1 is 1.40 bits per heavy atom. The lowest BCUT2D eigenvalue weighted by Crippen LogP contribution is -2.71. The van der Waals surface area contributed by atoms with E-state index in [9.17, 15) is 0 Å². The summed E-state index contributed by atoms with van der Waals surface area (Å²) in [5.41, 5.74) is 11.0. The third kappa shape index (κ3) is 0.583. The number of hydrogen-bond acceptors (Lipinski definition) is 1. The summed E-state index contributed by atoms with van der Waals surface area (Å²) in [6.45, 7) is 5.70. The quantitative estimate of drug-likeness (QED) is 0.686. The molecule has 0 aromatic carbocycles. The van der Waals surface area contributed by atoms with E-state index < -0.39 is 0 Å². The lowest BCUT2D eigenvalue weighted by atomic mass is 9.29. The van der Waals surface area contributed by atoms with Crippen molar-refractivity contribution in [1.29, 1.82) is 0 Å². The molecule has 15 heavy (non-hydrogen) atoms. The molecule has 4 rings (SSSR count). The first-order valence-corrected chi connectivity index (χ1v) is 6.61. The number of nitrogens with two attached hydrogens (primary N) is 1. The van der Waals surface area contributed by atoms with E-state index >= 15 is 0 Å². The van der Waals surface area contributed by atoms with Crippen LogP contribution in [0.5, 0.6) is 0 Å². The number of rotatable bonds is 2. The van der Waals surface area contributed by atoms with Gasteiger partial charge in [0.05, 0.1) is 0 Å². The molecule has 2 bridgehead atoms. The topological polar surface area (TPSA) is 26.0 Å². The van der Waals surface area contributed by atoms with Crippen LogP contribution in [-0.2, 0) is 0 Å². The third-order valence-electron chi connectivity index (χ3n) is 6.83. The highest BCUT2D eigenvalue weighted by molar-refractivity contribution is 5.50. The molecule has 3 fully saturated rings. The van der Waals surface area contributed by atoms with Gasteiger partial charge in [0.2, 0.25) is 0 Å². The molecule has 1 spiro atoms. The summed E-state index contributed by atoms with van der Waals surface area (Å²) in [5.74, 6) is 2.90. The highest BCUT2D eigenvalue weighted by Crippen LogP contribution is 2.86. The number of fused-ring (bicyclic) bond motifs is 1. The standard InChI is InChI=1S/C14H21N/c1-3-13(7-15)11-4-9-6-14(11)10(8(9)2)5-12(13)14/h9,11-12H,3-7,15H2,1-2H3/t9-,11-,12+,13-,14+/m1/s1. The molecule has 5 atom stereocenters. The second-order valence-corrected chi connectivity index (χ2v) is 6.44. The molecule has 0 aliphatic heterocycles. The monoisotopic (exact) mass is 203 g/mol. The van der Waals surface area contributed by atoms with Crippen LogP contribution < -0.4 is 5.73 Å². The minimum absolute atomic E-state index is 0.555. The molecule has 0 heterocycles. The Bertz CT molecular complexity index is 377. The Kier molecular flexibility index (Phi) is 1.29. The molecule has 4 aliphatic rings. The lowest BCUT2D eigenvalue weighted by Gasteiger charge is -2.75. The van der Waals surface area contributed by atoms with Gasteiger partial charge in [-0.1, -0.05) is 18.1 Å². The maximum Gasteiger partial charge on any atom is -0.000814 e. The number of allylic oxidation sites excluding steroid dienone is 2. The molecule has 0 aromatic heterocycles. The van der Waals surface area contributed by atoms with Gasteiger partial charge in [-0.25, -0.2) is 0 Å². The number of hydrogen-bond donors (Lipinski definition) is 1. The molecular weight excluding hydrogens is 182 g/mol. The molecule has 0 saturated heterocycles. The fourth-order valence-corrected chi connectivity index (χ4v) is 6.14. The molecule has 3 saturated carbocycles. The molecule has 1 heteroatoms. The molecule has 4 aliphatic carbocycles. The summed E-state index contributed by atoms with van der Waals surface area (Å²) in [5, 5.41) is 0. The molecule has 0 radical (unpaired) electrons. The minimum Gasteiger partial charge on any atom is -0.330 e. The van der Waals surface area contributed by atoms with E-state index in [2.05, 4.69) is 13.8 Å². The summed E-state index contributed by atoms with van der Waals surface area (Å²) in [4.78, 5) is 0. The molecular formula is C14H21N. The van der Waals surface area contributed by atoms with E-state index in [-0.39, 0.29) is 0 Å². The fraction of sp³-hybridized carbons (Fsp3) is 0.857. The van der Waals surface area contributed by atoms with Gasteiger partial charge in [-0.05, 0) is 67.7 Å². The van der Waals surface area contributed by atoms with Gasteiger partial charge in [-0.15, -0.1) is 0 Å². The van der Waals surface area contributed by atoms with E-state index in [1.807, 2.05) is 5.57 Å². The Morgan fingerprint density at radius 2 is 2.20 bits per heavy atom. The Balaban J connectivity index is 1.83. The van der Waals surface area contributed by atoms with Crippen LogP contribution in [0.1, 0.15) is 39.5 Å². The average Bonchev–Trinajstić information content (AvgIpc) is 2.71. The Labute approximate surface area is 92.1 Å². The molecule has 0 unspecified atom stereocenters. The SMILES string of the molecule is CC[C@@]1(CN)[C@H]2C[C@@H]3C[C@]24C(=C3C)C[C@@H]14. The lowest BCUT2D eigenvalue weighted by molar-refractivity contribution is -0.203. The van der Waals surface area contributed by atoms with Crippen molar-refractivity contribution in [3.05, 3.63) is 11.1 Å². The van der Waals surface area contributed by atoms with E-state index in [0.29, 0.717) is 10.8 Å². The first-order chi connectivity index (χ1) is 7.20. The van der Waals surface area contributed by atoms with Crippen molar-refractivity contribution in [2.24, 2.45) is 34.3 Å². The van der Waals surface area contributed by atoms with Crippen LogP contribution in [0.3, 0.4) is 0 Å². The summed E-state index contributed by atoms with van der Waals surface area (Å²) < 4.78 is 0. The van der Waals surface area contributed by atoms with Crippen molar-refractivity contribution < 1.29 is 0 Å². The van der Waals surface area contributed by atoms with Crippen LogP contribution in [0, 0.1) is 28.6 Å². The van der Waals surface area contributed by atoms with Crippen LogP contribution in [0.25, 0.3) is 0 Å². The van der Waals surface area contributed by atoms with E-state index in [1.165, 1.54) is 25.7 Å². The molecule has 0 aromatic rings. The Morgan fingerprint density at radius 3 is 2.80 bits per heavy atom. The van der Waals surface area contributed by atoms with Crippen molar-refractivity contribution in [2.75, 3.05) is 6.54 Å². The van der Waals surface area contributed by atoms with Crippen LogP contribution >= 0.6 is 0 Å². The van der Waals surface area contributed by atoms with E-state index in [0.717, 1.165) is 24.3 Å². The molecule has 1 nitrogen and oxygen atoms in total. The zero-order valence-corrected chi connectivity index (χ0v) is 9.84. The van der Waals surface area contributed by atoms with Gasteiger partial charge in [0.15, 0.2) is 0 Å². The van der Waals surface area contributed by atoms with Gasteiger partial charge >= 0.3 is 0 Å². The van der Waals surface area contributed by atoms with Crippen LogP contribution in [0.15, 0.2) is 11.1 Å². The van der Waals surface area contributed by atoms with Crippen molar-refractivity contribution in [3.8, 4) is 0 Å². The summed E-state index contributed by atoms with van der Waals surface area (Å²) in [6, 6.07) is 0. The van der Waals surface area contributed by atoms with Gasteiger partial charge in [0, 0.05) is 0 Å². The second-order valence-electron chi connectivity index (χ2n) is 6.44. The normalized spacial score (nSPS) is 59.0. The summed E-state index contributed by atoms with van der Waals surface area (Å²) in [6.07, 6.45) is 5.70. The van der Waals surface area contributed by atoms with Gasteiger partial charge in [0.1, 0.15) is 0 Å². The first-order valence-electron chi connectivity index (χ1n) is 6.61. The van der Waals surface area contributed by atoms with E-state index in [4.69, 9.17) is 5.73 Å². The van der Waals surface area contributed by atoms with Crippen LogP contribution in [0.4, 0.5) is 0 Å². The zero-order valence-electron chi connectivity index (χ0n) is 9.84. The molecule has 0 amide bonds. The summed E-state index contributed by atoms with van der Waals surface area (Å²) in [7, 11) is 0. The van der Waals surface area contributed by atoms with Gasteiger partial charge in [-0.2, -0.15) is 0 Å². The van der Waals surface area contributed by atoms with Crippen molar-refractivity contribution in [1.82, 2.24) is 0 Å². The molecule has 82 valence electrons. The zero-order chi connectivity index (χ0) is 10.4. The van der Waals surface area contributed by atoms with Crippen LogP contribution in [-0.4, -0.2) is 6.54 Å². The fourth-order valence-electron chi connectivity index (χ4n) is 6.14.